The molecule has 0 saturated carbocycles. The van der Waals surface area contributed by atoms with Gasteiger partial charge in [-0.1, -0.05) is 18.2 Å². The number of ether oxygens (including phenoxy) is 1. The Bertz CT molecular complexity index is 1070. The van der Waals surface area contributed by atoms with E-state index in [0.717, 1.165) is 16.5 Å². The molecule has 2 aromatic carbocycles. The van der Waals surface area contributed by atoms with E-state index in [-0.39, 0.29) is 25.5 Å². The van der Waals surface area contributed by atoms with Crippen LogP contribution in [0.1, 0.15) is 33.5 Å². The second kappa shape index (κ2) is 8.52. The molecule has 6 heteroatoms. The summed E-state index contributed by atoms with van der Waals surface area (Å²) < 4.78 is 10.5. The summed E-state index contributed by atoms with van der Waals surface area (Å²) in [6, 6.07) is 13.8. The Morgan fingerprint density at radius 3 is 2.50 bits per heavy atom. The molecule has 0 fully saturated rings. The molecule has 0 bridgehead atoms. The fraction of sp³-hybridized carbons (Fsp3) is 0.227. The van der Waals surface area contributed by atoms with Crippen LogP contribution in [-0.4, -0.2) is 18.4 Å². The molecule has 0 saturated heterocycles. The predicted octanol–water partition coefficient (Wildman–Crippen LogP) is 3.27. The van der Waals surface area contributed by atoms with Gasteiger partial charge in [0.2, 0.25) is 0 Å². The number of hydrogen-bond donors (Lipinski definition) is 1. The van der Waals surface area contributed by atoms with Gasteiger partial charge < -0.3 is 14.5 Å². The smallest absolute Gasteiger partial charge is 0.336 e. The average molecular weight is 379 g/mol. The summed E-state index contributed by atoms with van der Waals surface area (Å²) in [5.41, 5.74) is 3.17. The maximum absolute atomic E-state index is 12.0. The number of esters is 1. The van der Waals surface area contributed by atoms with Crippen molar-refractivity contribution in [2.75, 3.05) is 6.54 Å². The highest BCUT2D eigenvalue weighted by Crippen LogP contribution is 2.22. The highest BCUT2D eigenvalue weighted by Gasteiger charge is 2.11. The van der Waals surface area contributed by atoms with Crippen molar-refractivity contribution in [3.05, 3.63) is 81.2 Å². The molecule has 6 nitrogen and oxygen atoms in total. The van der Waals surface area contributed by atoms with Crippen molar-refractivity contribution >= 4 is 22.8 Å². The fourth-order valence-corrected chi connectivity index (χ4v) is 2.80. The number of rotatable bonds is 6. The third kappa shape index (κ3) is 4.65. The standard InChI is InChI=1S/C22H21NO5/c1-14-10-18-17(12-21(25)28-19(18)11-15(14)2)13-27-20(24)8-9-23-22(26)16-6-4-3-5-7-16/h3-7,10-12H,8-9,13H2,1-2H3,(H,23,26). The van der Waals surface area contributed by atoms with Crippen molar-refractivity contribution in [1.29, 1.82) is 0 Å². The van der Waals surface area contributed by atoms with Crippen LogP contribution in [0.2, 0.25) is 0 Å². The van der Waals surface area contributed by atoms with Gasteiger partial charge >= 0.3 is 11.6 Å². The van der Waals surface area contributed by atoms with Crippen LogP contribution in [0, 0.1) is 13.8 Å². The molecule has 0 spiro atoms. The summed E-state index contributed by atoms with van der Waals surface area (Å²) in [5, 5.41) is 3.42. The largest absolute Gasteiger partial charge is 0.461 e. The summed E-state index contributed by atoms with van der Waals surface area (Å²) >= 11 is 0. The van der Waals surface area contributed by atoms with Gasteiger partial charge in [-0.15, -0.1) is 0 Å². The normalized spacial score (nSPS) is 10.6. The van der Waals surface area contributed by atoms with Crippen LogP contribution in [0.25, 0.3) is 11.0 Å². The van der Waals surface area contributed by atoms with Crippen LogP contribution in [0.4, 0.5) is 0 Å². The van der Waals surface area contributed by atoms with Crippen LogP contribution in [0.15, 0.2) is 57.7 Å². The van der Waals surface area contributed by atoms with Gasteiger partial charge in [-0.2, -0.15) is 0 Å². The Labute approximate surface area is 162 Å². The Hall–Kier alpha value is -3.41. The van der Waals surface area contributed by atoms with Crippen molar-refractivity contribution in [2.24, 2.45) is 0 Å². The van der Waals surface area contributed by atoms with E-state index in [1.165, 1.54) is 6.07 Å². The molecule has 1 heterocycles. The number of benzene rings is 2. The van der Waals surface area contributed by atoms with Crippen molar-refractivity contribution < 1.29 is 18.7 Å². The quantitative estimate of drug-likeness (QED) is 0.525. The van der Waals surface area contributed by atoms with E-state index < -0.39 is 11.6 Å². The van der Waals surface area contributed by atoms with Gasteiger partial charge in [-0.25, -0.2) is 4.79 Å². The zero-order chi connectivity index (χ0) is 20.1. The first kappa shape index (κ1) is 19.4. The van der Waals surface area contributed by atoms with Crippen LogP contribution >= 0.6 is 0 Å². The molecule has 0 atom stereocenters. The van der Waals surface area contributed by atoms with E-state index in [1.807, 2.05) is 26.0 Å². The third-order valence-electron chi connectivity index (χ3n) is 4.48. The summed E-state index contributed by atoms with van der Waals surface area (Å²) in [6.07, 6.45) is 0.0378. The van der Waals surface area contributed by atoms with Crippen LogP contribution in [-0.2, 0) is 16.1 Å². The summed E-state index contributed by atoms with van der Waals surface area (Å²) in [4.78, 5) is 35.7. The molecule has 1 aromatic heterocycles. The van der Waals surface area contributed by atoms with E-state index in [9.17, 15) is 14.4 Å². The molecule has 1 N–H and O–H groups in total. The van der Waals surface area contributed by atoms with Gasteiger partial charge in [0.1, 0.15) is 12.2 Å². The minimum absolute atomic E-state index is 0.0317. The average Bonchev–Trinajstić information content (AvgIpc) is 2.68. The number of carbonyl (C=O) groups is 2. The summed E-state index contributed by atoms with van der Waals surface area (Å²) in [6.45, 7) is 4.04. The van der Waals surface area contributed by atoms with Crippen molar-refractivity contribution in [1.82, 2.24) is 5.32 Å². The first-order valence-corrected chi connectivity index (χ1v) is 8.97. The molecule has 0 unspecified atom stereocenters. The summed E-state index contributed by atoms with van der Waals surface area (Å²) in [5.74, 6) is -0.704. The molecule has 28 heavy (non-hydrogen) atoms. The Morgan fingerprint density at radius 2 is 1.75 bits per heavy atom. The molecule has 0 aliphatic rings. The first-order chi connectivity index (χ1) is 13.4. The Morgan fingerprint density at radius 1 is 1.04 bits per heavy atom. The molecular weight excluding hydrogens is 358 g/mol. The molecule has 1 amide bonds. The topological polar surface area (TPSA) is 85.6 Å². The SMILES string of the molecule is Cc1cc2oc(=O)cc(COC(=O)CCNC(=O)c3ccccc3)c2cc1C. The number of carbonyl (C=O) groups excluding carboxylic acids is 2. The molecule has 0 radical (unpaired) electrons. The molecule has 144 valence electrons. The maximum atomic E-state index is 12.0. The summed E-state index contributed by atoms with van der Waals surface area (Å²) in [7, 11) is 0. The number of amides is 1. The highest BCUT2D eigenvalue weighted by molar-refractivity contribution is 5.94. The van der Waals surface area contributed by atoms with Crippen LogP contribution in [0.5, 0.6) is 0 Å². The van der Waals surface area contributed by atoms with E-state index in [1.54, 1.807) is 30.3 Å². The lowest BCUT2D eigenvalue weighted by Crippen LogP contribution is -2.26. The van der Waals surface area contributed by atoms with Crippen LogP contribution in [0.3, 0.4) is 0 Å². The number of fused-ring (bicyclic) bond motifs is 1. The Balaban J connectivity index is 1.58. The van der Waals surface area contributed by atoms with E-state index >= 15 is 0 Å². The van der Waals surface area contributed by atoms with Gasteiger partial charge in [-0.3, -0.25) is 9.59 Å². The van der Waals surface area contributed by atoms with E-state index in [2.05, 4.69) is 5.32 Å². The first-order valence-electron chi connectivity index (χ1n) is 8.97. The molecule has 3 aromatic rings. The van der Waals surface area contributed by atoms with Crippen molar-refractivity contribution in [3.63, 3.8) is 0 Å². The monoisotopic (exact) mass is 379 g/mol. The lowest BCUT2D eigenvalue weighted by Gasteiger charge is -2.09. The second-order valence-corrected chi connectivity index (χ2v) is 6.56. The zero-order valence-electron chi connectivity index (χ0n) is 15.8. The molecule has 0 aliphatic heterocycles. The number of hydrogen-bond acceptors (Lipinski definition) is 5. The molecule has 0 aliphatic carbocycles. The van der Waals surface area contributed by atoms with Crippen molar-refractivity contribution in [2.45, 2.75) is 26.9 Å². The minimum atomic E-state index is -0.489. The lowest BCUT2D eigenvalue weighted by molar-refractivity contribution is -0.144. The van der Waals surface area contributed by atoms with Crippen LogP contribution < -0.4 is 10.9 Å². The predicted molar refractivity (Wildman–Crippen MR) is 105 cm³/mol. The van der Waals surface area contributed by atoms with E-state index in [0.29, 0.717) is 16.7 Å². The fourth-order valence-electron chi connectivity index (χ4n) is 2.80. The van der Waals surface area contributed by atoms with Gasteiger partial charge in [0, 0.05) is 29.1 Å². The highest BCUT2D eigenvalue weighted by atomic mass is 16.5. The van der Waals surface area contributed by atoms with Gasteiger partial charge in [0.05, 0.1) is 6.42 Å². The second-order valence-electron chi connectivity index (χ2n) is 6.56. The third-order valence-corrected chi connectivity index (χ3v) is 4.48. The number of aryl methyl sites for hydroxylation is 2. The minimum Gasteiger partial charge on any atom is -0.461 e. The molecular formula is C22H21NO5. The maximum Gasteiger partial charge on any atom is 0.336 e. The van der Waals surface area contributed by atoms with Crippen molar-refractivity contribution in [3.8, 4) is 0 Å². The molecule has 3 rings (SSSR count). The lowest BCUT2D eigenvalue weighted by atomic mass is 10.0. The number of nitrogens with one attached hydrogen (secondary N) is 1. The Kier molecular flexibility index (Phi) is 5.89. The zero-order valence-corrected chi connectivity index (χ0v) is 15.8. The van der Waals surface area contributed by atoms with Gasteiger partial charge in [0.15, 0.2) is 0 Å². The van der Waals surface area contributed by atoms with E-state index in [4.69, 9.17) is 9.15 Å². The van der Waals surface area contributed by atoms with Gasteiger partial charge in [-0.05, 0) is 49.2 Å². The van der Waals surface area contributed by atoms with Gasteiger partial charge in [0.25, 0.3) is 5.91 Å².